The Labute approximate surface area is 122 Å². The molecule has 2 N–H and O–H groups in total. The van der Waals surface area contributed by atoms with Crippen molar-refractivity contribution < 1.29 is 24.4 Å². The molecule has 0 bridgehead atoms. The number of aryl methyl sites for hydroxylation is 2. The Bertz CT molecular complexity index is 619. The molecule has 2 aromatic rings. The van der Waals surface area contributed by atoms with E-state index in [9.17, 15) is 9.59 Å². The Morgan fingerprint density at radius 2 is 1.48 bits per heavy atom. The quantitative estimate of drug-likeness (QED) is 0.822. The molecule has 6 heteroatoms. The second-order valence-electron chi connectivity index (χ2n) is 4.64. The molecule has 112 valence electrons. The third-order valence-electron chi connectivity index (χ3n) is 3.29. The van der Waals surface area contributed by atoms with Gasteiger partial charge < -0.3 is 10.2 Å². The Balaban J connectivity index is 0.000000219. The lowest BCUT2D eigenvalue weighted by Gasteiger charge is -1.98. The van der Waals surface area contributed by atoms with E-state index in [1.54, 1.807) is 0 Å². The molecule has 0 saturated heterocycles. The van der Waals surface area contributed by atoms with Crippen molar-refractivity contribution in [3.63, 3.8) is 0 Å². The van der Waals surface area contributed by atoms with Gasteiger partial charge in [-0.15, -0.1) is 0 Å². The maximum absolute atomic E-state index is 10.5. The molecule has 0 aliphatic rings. The average Bonchev–Trinajstić information content (AvgIpc) is 2.66. The van der Waals surface area contributed by atoms with E-state index in [2.05, 4.69) is 43.3 Å². The first-order chi connectivity index (χ1) is 9.75. The molecule has 0 radical (unpaired) electrons. The van der Waals surface area contributed by atoms with Crippen molar-refractivity contribution in [2.75, 3.05) is 0 Å². The van der Waals surface area contributed by atoms with E-state index in [4.69, 9.17) is 10.2 Å². The molecule has 2 rings (SSSR count). The van der Waals surface area contributed by atoms with Crippen LogP contribution in [-0.4, -0.2) is 26.7 Å². The fourth-order valence-electron chi connectivity index (χ4n) is 1.81. The number of hydrogen-bond donors (Lipinski definition) is 2. The number of benzene rings is 1. The van der Waals surface area contributed by atoms with Gasteiger partial charge in [0.2, 0.25) is 0 Å². The van der Waals surface area contributed by atoms with Crippen LogP contribution in [0.25, 0.3) is 0 Å². The van der Waals surface area contributed by atoms with Crippen LogP contribution in [0, 0.1) is 13.8 Å². The molecule has 0 amide bonds. The SMILES string of the molecule is Cc1c[n+](C)c(C)n1C.O=C(O)c1ccccc1C(=O)O. The molecular weight excluding hydrogens is 272 g/mol. The highest BCUT2D eigenvalue weighted by Crippen LogP contribution is 2.07. The van der Waals surface area contributed by atoms with Crippen LogP contribution in [0.15, 0.2) is 30.5 Å². The van der Waals surface area contributed by atoms with Crippen molar-refractivity contribution in [3.05, 3.63) is 53.1 Å². The smallest absolute Gasteiger partial charge is 0.336 e. The van der Waals surface area contributed by atoms with E-state index in [1.165, 1.54) is 35.8 Å². The van der Waals surface area contributed by atoms with Gasteiger partial charge in [0.05, 0.1) is 25.2 Å². The molecule has 6 nitrogen and oxygen atoms in total. The van der Waals surface area contributed by atoms with Gasteiger partial charge in [-0.1, -0.05) is 12.1 Å². The van der Waals surface area contributed by atoms with Crippen LogP contribution in [0.1, 0.15) is 32.2 Å². The standard InChI is InChI=1S/C8H6O4.C7H13N2/c9-7(10)5-3-1-2-4-6(5)8(11)12;1-6-5-8(3)7(2)9(6)4/h1-4H,(H,9,10)(H,11,12);5H,1-4H3/q;+1. The minimum absolute atomic E-state index is 0.190. The number of aromatic nitrogens is 2. The molecule has 1 aromatic heterocycles. The first kappa shape index (κ1) is 16.4. The van der Waals surface area contributed by atoms with Gasteiger partial charge >= 0.3 is 11.9 Å². The summed E-state index contributed by atoms with van der Waals surface area (Å²) in [6, 6.07) is 5.48. The van der Waals surface area contributed by atoms with Gasteiger partial charge in [0.15, 0.2) is 0 Å². The Hall–Kier alpha value is -2.63. The second-order valence-corrected chi connectivity index (χ2v) is 4.64. The summed E-state index contributed by atoms with van der Waals surface area (Å²) in [6.45, 7) is 4.21. The predicted octanol–water partition coefficient (Wildman–Crippen LogP) is 1.55. The Kier molecular flexibility index (Phi) is 5.24. The molecular formula is C15H19N2O4+. The Morgan fingerprint density at radius 1 is 1.05 bits per heavy atom. The van der Waals surface area contributed by atoms with Crippen molar-refractivity contribution in [1.29, 1.82) is 0 Å². The van der Waals surface area contributed by atoms with Gasteiger partial charge in [0.1, 0.15) is 11.9 Å². The summed E-state index contributed by atoms with van der Waals surface area (Å²) >= 11 is 0. The van der Waals surface area contributed by atoms with Gasteiger partial charge in [0, 0.05) is 13.8 Å². The number of imidazole rings is 1. The van der Waals surface area contributed by atoms with Gasteiger partial charge in [-0.25, -0.2) is 18.7 Å². The maximum Gasteiger partial charge on any atom is 0.336 e. The highest BCUT2D eigenvalue weighted by atomic mass is 16.4. The molecule has 1 aromatic carbocycles. The summed E-state index contributed by atoms with van der Waals surface area (Å²) in [6.07, 6.45) is 2.12. The maximum atomic E-state index is 10.5. The number of hydrogen-bond acceptors (Lipinski definition) is 2. The van der Waals surface area contributed by atoms with Gasteiger partial charge in [0.25, 0.3) is 5.82 Å². The molecule has 0 atom stereocenters. The van der Waals surface area contributed by atoms with Crippen LogP contribution < -0.4 is 4.57 Å². The molecule has 0 saturated carbocycles. The Morgan fingerprint density at radius 3 is 1.67 bits per heavy atom. The zero-order chi connectivity index (χ0) is 16.2. The monoisotopic (exact) mass is 291 g/mol. The fourth-order valence-corrected chi connectivity index (χ4v) is 1.81. The van der Waals surface area contributed by atoms with E-state index in [1.807, 2.05) is 0 Å². The summed E-state index contributed by atoms with van der Waals surface area (Å²) in [4.78, 5) is 20.9. The number of rotatable bonds is 2. The van der Waals surface area contributed by atoms with E-state index < -0.39 is 11.9 Å². The van der Waals surface area contributed by atoms with Crippen LogP contribution >= 0.6 is 0 Å². The fraction of sp³-hybridized carbons (Fsp3) is 0.267. The summed E-state index contributed by atoms with van der Waals surface area (Å²) in [7, 11) is 4.13. The van der Waals surface area contributed by atoms with Crippen LogP contribution in [0.4, 0.5) is 0 Å². The topological polar surface area (TPSA) is 83.4 Å². The number of carboxylic acids is 2. The van der Waals surface area contributed by atoms with Crippen molar-refractivity contribution >= 4 is 11.9 Å². The number of aromatic carboxylic acids is 2. The number of carbonyl (C=O) groups is 2. The summed E-state index contributed by atoms with van der Waals surface area (Å²) in [5.74, 6) is -1.17. The minimum Gasteiger partial charge on any atom is -0.478 e. The van der Waals surface area contributed by atoms with Crippen molar-refractivity contribution in [3.8, 4) is 0 Å². The second kappa shape index (κ2) is 6.69. The molecule has 0 fully saturated rings. The largest absolute Gasteiger partial charge is 0.478 e. The van der Waals surface area contributed by atoms with Gasteiger partial charge in [-0.05, 0) is 12.1 Å². The van der Waals surface area contributed by atoms with Crippen molar-refractivity contribution in [2.45, 2.75) is 13.8 Å². The van der Waals surface area contributed by atoms with E-state index in [0.29, 0.717) is 0 Å². The van der Waals surface area contributed by atoms with E-state index in [0.717, 1.165) is 0 Å². The predicted molar refractivity (Wildman–Crippen MR) is 76.4 cm³/mol. The molecule has 0 unspecified atom stereocenters. The van der Waals surface area contributed by atoms with Crippen LogP contribution in [-0.2, 0) is 14.1 Å². The summed E-state index contributed by atoms with van der Waals surface area (Å²) in [5.41, 5.74) is 0.921. The summed E-state index contributed by atoms with van der Waals surface area (Å²) in [5, 5.41) is 17.1. The van der Waals surface area contributed by atoms with Gasteiger partial charge in [-0.2, -0.15) is 0 Å². The minimum atomic E-state index is -1.23. The highest BCUT2D eigenvalue weighted by Gasteiger charge is 2.13. The zero-order valence-corrected chi connectivity index (χ0v) is 12.5. The average molecular weight is 291 g/mol. The summed E-state index contributed by atoms with van der Waals surface area (Å²) < 4.78 is 4.29. The van der Waals surface area contributed by atoms with Crippen LogP contribution in [0.3, 0.4) is 0 Å². The van der Waals surface area contributed by atoms with Gasteiger partial charge in [-0.3, -0.25) is 0 Å². The van der Waals surface area contributed by atoms with Crippen molar-refractivity contribution in [2.24, 2.45) is 14.1 Å². The van der Waals surface area contributed by atoms with E-state index >= 15 is 0 Å². The molecule has 0 aliphatic heterocycles. The van der Waals surface area contributed by atoms with Crippen LogP contribution in [0.5, 0.6) is 0 Å². The molecule has 0 spiro atoms. The zero-order valence-electron chi connectivity index (χ0n) is 12.5. The third kappa shape index (κ3) is 3.92. The lowest BCUT2D eigenvalue weighted by Crippen LogP contribution is -2.29. The van der Waals surface area contributed by atoms with Crippen LogP contribution in [0.2, 0.25) is 0 Å². The normalized spacial score (nSPS) is 9.71. The lowest BCUT2D eigenvalue weighted by atomic mass is 10.1. The van der Waals surface area contributed by atoms with Crippen molar-refractivity contribution in [1.82, 2.24) is 4.57 Å². The van der Waals surface area contributed by atoms with E-state index in [-0.39, 0.29) is 11.1 Å². The number of carboxylic acid groups (broad SMARTS) is 2. The highest BCUT2D eigenvalue weighted by molar-refractivity contribution is 6.01. The molecule has 1 heterocycles. The molecule has 0 aliphatic carbocycles. The lowest BCUT2D eigenvalue weighted by molar-refractivity contribution is -0.677. The third-order valence-corrected chi connectivity index (χ3v) is 3.29. The first-order valence-corrected chi connectivity index (χ1v) is 6.29. The first-order valence-electron chi connectivity index (χ1n) is 6.29. The molecule has 21 heavy (non-hydrogen) atoms. The number of nitrogens with zero attached hydrogens (tertiary/aromatic N) is 2.